The average molecular weight is 257 g/mol. The van der Waals surface area contributed by atoms with Gasteiger partial charge in [0.25, 0.3) is 0 Å². The van der Waals surface area contributed by atoms with Crippen LogP contribution >= 0.6 is 15.9 Å². The normalized spacial score (nSPS) is 9.93. The van der Waals surface area contributed by atoms with Crippen molar-refractivity contribution in [2.45, 2.75) is 20.3 Å². The molecule has 0 amide bonds. The van der Waals surface area contributed by atoms with E-state index in [4.69, 9.17) is 4.74 Å². The molecule has 0 bridgehead atoms. The molecule has 0 N–H and O–H groups in total. The molecule has 1 aromatic carbocycles. The first-order valence-corrected chi connectivity index (χ1v) is 5.37. The van der Waals surface area contributed by atoms with Gasteiger partial charge in [-0.1, -0.05) is 22.9 Å². The molecular weight excluding hydrogens is 244 g/mol. The molecule has 3 heteroatoms. The summed E-state index contributed by atoms with van der Waals surface area (Å²) in [6.45, 7) is 4.40. The van der Waals surface area contributed by atoms with Crippen LogP contribution in [0.15, 0.2) is 22.7 Å². The van der Waals surface area contributed by atoms with Crippen molar-refractivity contribution in [3.05, 3.63) is 33.8 Å². The molecule has 0 aromatic heterocycles. The molecule has 14 heavy (non-hydrogen) atoms. The first-order chi connectivity index (χ1) is 6.65. The van der Waals surface area contributed by atoms with Crippen LogP contribution < -0.4 is 0 Å². The van der Waals surface area contributed by atoms with Crippen molar-refractivity contribution >= 4 is 21.9 Å². The number of carbonyl (C=O) groups excluding carboxylic acids is 1. The fourth-order valence-corrected chi connectivity index (χ4v) is 1.30. The molecule has 0 aliphatic rings. The lowest BCUT2D eigenvalue weighted by molar-refractivity contribution is 0.0505. The van der Waals surface area contributed by atoms with E-state index in [0.29, 0.717) is 12.2 Å². The molecular formula is C11H13BrO2. The van der Waals surface area contributed by atoms with E-state index >= 15 is 0 Å². The van der Waals surface area contributed by atoms with Gasteiger partial charge < -0.3 is 4.74 Å². The molecule has 0 fully saturated rings. The van der Waals surface area contributed by atoms with E-state index in [0.717, 1.165) is 16.5 Å². The van der Waals surface area contributed by atoms with Crippen LogP contribution in [0.25, 0.3) is 0 Å². The third kappa shape index (κ3) is 2.84. The summed E-state index contributed by atoms with van der Waals surface area (Å²) >= 11 is 3.38. The monoisotopic (exact) mass is 256 g/mol. The maximum absolute atomic E-state index is 11.4. The Morgan fingerprint density at radius 2 is 2.21 bits per heavy atom. The summed E-state index contributed by atoms with van der Waals surface area (Å²) in [6.07, 6.45) is 0.848. The van der Waals surface area contributed by atoms with E-state index in [2.05, 4.69) is 15.9 Å². The van der Waals surface area contributed by atoms with Gasteiger partial charge in [0.2, 0.25) is 0 Å². The van der Waals surface area contributed by atoms with Crippen LogP contribution in [0.1, 0.15) is 29.3 Å². The van der Waals surface area contributed by atoms with Crippen molar-refractivity contribution < 1.29 is 9.53 Å². The highest BCUT2D eigenvalue weighted by Crippen LogP contribution is 2.17. The Morgan fingerprint density at radius 1 is 1.50 bits per heavy atom. The zero-order valence-corrected chi connectivity index (χ0v) is 9.93. The van der Waals surface area contributed by atoms with Gasteiger partial charge >= 0.3 is 5.97 Å². The third-order valence-electron chi connectivity index (χ3n) is 1.83. The smallest absolute Gasteiger partial charge is 0.338 e. The van der Waals surface area contributed by atoms with E-state index in [1.807, 2.05) is 26.0 Å². The maximum Gasteiger partial charge on any atom is 0.338 e. The molecule has 0 saturated carbocycles. The van der Waals surface area contributed by atoms with Crippen LogP contribution in [-0.4, -0.2) is 12.6 Å². The summed E-state index contributed by atoms with van der Waals surface area (Å²) in [4.78, 5) is 11.4. The van der Waals surface area contributed by atoms with E-state index in [1.165, 1.54) is 0 Å². The summed E-state index contributed by atoms with van der Waals surface area (Å²) < 4.78 is 6.02. The standard InChI is InChI=1S/C11H13BrO2/c1-3-6-14-11(13)9-4-5-10(12)8(2)7-9/h4-5,7H,3,6H2,1-2H3. The van der Waals surface area contributed by atoms with Crippen molar-refractivity contribution in [1.82, 2.24) is 0 Å². The lowest BCUT2D eigenvalue weighted by Gasteiger charge is -2.04. The Kier molecular flexibility index (Phi) is 4.14. The number of carbonyl (C=O) groups is 1. The topological polar surface area (TPSA) is 26.3 Å². The van der Waals surface area contributed by atoms with Gasteiger partial charge in [0, 0.05) is 4.47 Å². The van der Waals surface area contributed by atoms with Crippen molar-refractivity contribution in [3.8, 4) is 0 Å². The summed E-state index contributed by atoms with van der Waals surface area (Å²) in [6, 6.07) is 5.44. The minimum absolute atomic E-state index is 0.248. The van der Waals surface area contributed by atoms with Crippen LogP contribution in [0.2, 0.25) is 0 Å². The molecule has 2 nitrogen and oxygen atoms in total. The van der Waals surface area contributed by atoms with Crippen LogP contribution in [-0.2, 0) is 4.74 Å². The molecule has 1 aromatic rings. The second kappa shape index (κ2) is 5.15. The Hall–Kier alpha value is -0.830. The molecule has 0 atom stereocenters. The SMILES string of the molecule is CCCOC(=O)c1ccc(Br)c(C)c1. The second-order valence-corrected chi connectivity index (χ2v) is 3.95. The summed E-state index contributed by atoms with van der Waals surface area (Å²) in [5.41, 5.74) is 1.65. The predicted molar refractivity (Wildman–Crippen MR) is 59.5 cm³/mol. The second-order valence-electron chi connectivity index (χ2n) is 3.10. The molecule has 0 saturated heterocycles. The maximum atomic E-state index is 11.4. The number of rotatable bonds is 3. The lowest BCUT2D eigenvalue weighted by atomic mass is 10.1. The van der Waals surface area contributed by atoms with Crippen LogP contribution in [0, 0.1) is 6.92 Å². The number of hydrogen-bond acceptors (Lipinski definition) is 2. The molecule has 0 radical (unpaired) electrons. The van der Waals surface area contributed by atoms with E-state index in [9.17, 15) is 4.79 Å². The number of esters is 1. The average Bonchev–Trinajstić information content (AvgIpc) is 2.18. The van der Waals surface area contributed by atoms with Crippen molar-refractivity contribution in [1.29, 1.82) is 0 Å². The molecule has 0 spiro atoms. The largest absolute Gasteiger partial charge is 0.462 e. The highest BCUT2D eigenvalue weighted by atomic mass is 79.9. The van der Waals surface area contributed by atoms with Gasteiger partial charge in [-0.25, -0.2) is 4.79 Å². The zero-order chi connectivity index (χ0) is 10.6. The highest BCUT2D eigenvalue weighted by molar-refractivity contribution is 9.10. The molecule has 0 aliphatic carbocycles. The fraction of sp³-hybridized carbons (Fsp3) is 0.364. The zero-order valence-electron chi connectivity index (χ0n) is 8.34. The first kappa shape index (κ1) is 11.2. The van der Waals surface area contributed by atoms with Crippen molar-refractivity contribution in [2.75, 3.05) is 6.61 Å². The molecule has 0 aliphatic heterocycles. The van der Waals surface area contributed by atoms with E-state index in [-0.39, 0.29) is 5.97 Å². The Balaban J connectivity index is 2.76. The first-order valence-electron chi connectivity index (χ1n) is 4.58. The fourth-order valence-electron chi connectivity index (χ4n) is 1.05. The lowest BCUT2D eigenvalue weighted by Crippen LogP contribution is -2.05. The van der Waals surface area contributed by atoms with Crippen LogP contribution in [0.4, 0.5) is 0 Å². The van der Waals surface area contributed by atoms with Gasteiger partial charge in [-0.05, 0) is 37.1 Å². The number of ether oxygens (including phenoxy) is 1. The van der Waals surface area contributed by atoms with Crippen LogP contribution in [0.3, 0.4) is 0 Å². The summed E-state index contributed by atoms with van der Waals surface area (Å²) in [5.74, 6) is -0.248. The Bertz CT molecular complexity index is 334. The summed E-state index contributed by atoms with van der Waals surface area (Å²) in [5, 5.41) is 0. The van der Waals surface area contributed by atoms with Crippen molar-refractivity contribution in [3.63, 3.8) is 0 Å². The molecule has 0 heterocycles. The molecule has 1 rings (SSSR count). The number of halogens is 1. The molecule has 76 valence electrons. The van der Waals surface area contributed by atoms with Gasteiger partial charge in [-0.3, -0.25) is 0 Å². The number of benzene rings is 1. The summed E-state index contributed by atoms with van der Waals surface area (Å²) in [7, 11) is 0. The third-order valence-corrected chi connectivity index (χ3v) is 2.72. The van der Waals surface area contributed by atoms with E-state index < -0.39 is 0 Å². The van der Waals surface area contributed by atoms with Crippen LogP contribution in [0.5, 0.6) is 0 Å². The van der Waals surface area contributed by atoms with E-state index in [1.54, 1.807) is 6.07 Å². The van der Waals surface area contributed by atoms with Crippen molar-refractivity contribution in [2.24, 2.45) is 0 Å². The minimum atomic E-state index is -0.248. The highest BCUT2D eigenvalue weighted by Gasteiger charge is 2.07. The van der Waals surface area contributed by atoms with Gasteiger partial charge in [0.05, 0.1) is 12.2 Å². The molecule has 0 unspecified atom stereocenters. The van der Waals surface area contributed by atoms with Gasteiger partial charge in [0.15, 0.2) is 0 Å². The Labute approximate surface area is 92.4 Å². The number of hydrogen-bond donors (Lipinski definition) is 0. The Morgan fingerprint density at radius 3 is 2.79 bits per heavy atom. The van der Waals surface area contributed by atoms with Gasteiger partial charge in [-0.15, -0.1) is 0 Å². The van der Waals surface area contributed by atoms with Gasteiger partial charge in [-0.2, -0.15) is 0 Å². The van der Waals surface area contributed by atoms with Gasteiger partial charge in [0.1, 0.15) is 0 Å². The predicted octanol–water partition coefficient (Wildman–Crippen LogP) is 3.32. The minimum Gasteiger partial charge on any atom is -0.462 e. The quantitative estimate of drug-likeness (QED) is 0.776. The number of aryl methyl sites for hydroxylation is 1.